The fourth-order valence-electron chi connectivity index (χ4n) is 3.10. The second-order valence-corrected chi connectivity index (χ2v) is 6.76. The summed E-state index contributed by atoms with van der Waals surface area (Å²) in [6.07, 6.45) is 0.666. The number of hydrogen-bond acceptors (Lipinski definition) is 6. The van der Waals surface area contributed by atoms with Gasteiger partial charge in [0.05, 0.1) is 19.8 Å². The molecule has 1 saturated heterocycles. The van der Waals surface area contributed by atoms with Gasteiger partial charge in [-0.15, -0.1) is 0 Å². The van der Waals surface area contributed by atoms with E-state index in [4.69, 9.17) is 14.3 Å². The van der Waals surface area contributed by atoms with E-state index in [1.807, 2.05) is 6.92 Å². The zero-order chi connectivity index (χ0) is 19.6. The monoisotopic (exact) mass is 386 g/mol. The molecule has 0 unspecified atom stereocenters. The van der Waals surface area contributed by atoms with Gasteiger partial charge in [-0.25, -0.2) is 4.99 Å². The van der Waals surface area contributed by atoms with Crippen LogP contribution in [0.5, 0.6) is 0 Å². The van der Waals surface area contributed by atoms with Crippen LogP contribution in [0.2, 0.25) is 0 Å². The standard InChI is InChI=1S/C20H30N6O2/c1-3-21-20(22-9-8-19-24-16(2)25-28-19)23-14-17-6-4-5-7-18(17)15-26-10-12-27-13-11-26/h4-7H,3,8-15H2,1-2H3,(H2,21,22,23). The molecule has 152 valence electrons. The molecule has 3 rings (SSSR count). The molecule has 0 aliphatic carbocycles. The number of guanidine groups is 1. The lowest BCUT2D eigenvalue weighted by Gasteiger charge is -2.27. The van der Waals surface area contributed by atoms with Crippen LogP contribution in [-0.4, -0.2) is 60.4 Å². The van der Waals surface area contributed by atoms with E-state index >= 15 is 0 Å². The zero-order valence-corrected chi connectivity index (χ0v) is 16.8. The number of nitrogens with zero attached hydrogens (tertiary/aromatic N) is 4. The Labute approximate surface area is 166 Å². The van der Waals surface area contributed by atoms with Crippen molar-refractivity contribution in [1.29, 1.82) is 0 Å². The molecule has 2 aromatic rings. The summed E-state index contributed by atoms with van der Waals surface area (Å²) in [5.41, 5.74) is 2.57. The molecule has 0 amide bonds. The molecule has 0 saturated carbocycles. The van der Waals surface area contributed by atoms with E-state index in [9.17, 15) is 0 Å². The zero-order valence-electron chi connectivity index (χ0n) is 16.8. The van der Waals surface area contributed by atoms with Gasteiger partial charge in [-0.1, -0.05) is 29.4 Å². The second kappa shape index (κ2) is 10.8. The van der Waals surface area contributed by atoms with Gasteiger partial charge >= 0.3 is 0 Å². The first kappa shape index (κ1) is 20.3. The summed E-state index contributed by atoms with van der Waals surface area (Å²) in [5.74, 6) is 2.09. The lowest BCUT2D eigenvalue weighted by atomic mass is 10.1. The summed E-state index contributed by atoms with van der Waals surface area (Å²) >= 11 is 0. The molecule has 2 N–H and O–H groups in total. The molecule has 1 aliphatic heterocycles. The van der Waals surface area contributed by atoms with Crippen LogP contribution >= 0.6 is 0 Å². The molecule has 2 heterocycles. The van der Waals surface area contributed by atoms with Crippen LogP contribution in [0.3, 0.4) is 0 Å². The van der Waals surface area contributed by atoms with Crippen molar-refractivity contribution in [2.24, 2.45) is 4.99 Å². The minimum absolute atomic E-state index is 0.634. The average Bonchev–Trinajstić information content (AvgIpc) is 3.13. The SMILES string of the molecule is CCNC(=NCc1ccccc1CN1CCOCC1)NCCc1nc(C)no1. The summed E-state index contributed by atoms with van der Waals surface area (Å²) < 4.78 is 10.6. The van der Waals surface area contributed by atoms with Crippen molar-refractivity contribution in [2.75, 3.05) is 39.4 Å². The quantitative estimate of drug-likeness (QED) is 0.525. The van der Waals surface area contributed by atoms with Crippen molar-refractivity contribution in [3.05, 3.63) is 47.1 Å². The molecule has 8 nitrogen and oxygen atoms in total. The van der Waals surface area contributed by atoms with Crippen molar-refractivity contribution in [2.45, 2.75) is 33.4 Å². The smallest absolute Gasteiger partial charge is 0.228 e. The number of morpholine rings is 1. The van der Waals surface area contributed by atoms with Crippen molar-refractivity contribution >= 4 is 5.96 Å². The summed E-state index contributed by atoms with van der Waals surface area (Å²) in [7, 11) is 0. The van der Waals surface area contributed by atoms with Crippen LogP contribution in [0.15, 0.2) is 33.8 Å². The van der Waals surface area contributed by atoms with Gasteiger partial charge in [0, 0.05) is 39.1 Å². The van der Waals surface area contributed by atoms with Crippen LogP contribution in [0.1, 0.15) is 29.8 Å². The highest BCUT2D eigenvalue weighted by atomic mass is 16.5. The van der Waals surface area contributed by atoms with E-state index < -0.39 is 0 Å². The van der Waals surface area contributed by atoms with E-state index in [1.165, 1.54) is 11.1 Å². The third kappa shape index (κ3) is 6.31. The maximum atomic E-state index is 5.45. The Kier molecular flexibility index (Phi) is 7.81. The van der Waals surface area contributed by atoms with Gasteiger partial charge in [0.25, 0.3) is 0 Å². The van der Waals surface area contributed by atoms with E-state index in [1.54, 1.807) is 0 Å². The largest absolute Gasteiger partial charge is 0.379 e. The second-order valence-electron chi connectivity index (χ2n) is 6.76. The fraction of sp³-hybridized carbons (Fsp3) is 0.550. The molecule has 0 radical (unpaired) electrons. The molecular weight excluding hydrogens is 356 g/mol. The van der Waals surface area contributed by atoms with Gasteiger partial charge in [0.1, 0.15) is 0 Å². The molecule has 28 heavy (non-hydrogen) atoms. The van der Waals surface area contributed by atoms with Crippen LogP contribution in [0.4, 0.5) is 0 Å². The number of aryl methyl sites for hydroxylation is 1. The van der Waals surface area contributed by atoms with E-state index in [0.29, 0.717) is 31.2 Å². The predicted molar refractivity (Wildman–Crippen MR) is 108 cm³/mol. The van der Waals surface area contributed by atoms with Gasteiger partial charge in [0.2, 0.25) is 5.89 Å². The number of ether oxygens (including phenoxy) is 1. The molecule has 0 bridgehead atoms. The molecule has 1 aromatic heterocycles. The Morgan fingerprint density at radius 3 is 2.68 bits per heavy atom. The molecular formula is C20H30N6O2. The fourth-order valence-corrected chi connectivity index (χ4v) is 3.10. The summed E-state index contributed by atoms with van der Waals surface area (Å²) in [6.45, 7) is 10.5. The minimum atomic E-state index is 0.634. The molecule has 1 aromatic carbocycles. The Hall–Kier alpha value is -2.45. The molecule has 0 spiro atoms. The Bertz CT molecular complexity index is 755. The number of aliphatic imine (C=N–C) groups is 1. The number of hydrogen-bond donors (Lipinski definition) is 2. The Morgan fingerprint density at radius 2 is 1.96 bits per heavy atom. The summed E-state index contributed by atoms with van der Waals surface area (Å²) in [5, 5.41) is 10.4. The number of aromatic nitrogens is 2. The first-order chi connectivity index (χ1) is 13.7. The highest BCUT2D eigenvalue weighted by Gasteiger charge is 2.12. The normalized spacial score (nSPS) is 15.6. The number of nitrogens with one attached hydrogen (secondary N) is 2. The molecule has 0 atom stereocenters. The average molecular weight is 387 g/mol. The lowest BCUT2D eigenvalue weighted by molar-refractivity contribution is 0.0341. The number of rotatable bonds is 8. The van der Waals surface area contributed by atoms with Crippen molar-refractivity contribution in [1.82, 2.24) is 25.7 Å². The third-order valence-electron chi connectivity index (χ3n) is 4.57. The molecule has 8 heteroatoms. The summed E-state index contributed by atoms with van der Waals surface area (Å²) in [6, 6.07) is 8.52. The first-order valence-corrected chi connectivity index (χ1v) is 9.93. The lowest BCUT2D eigenvalue weighted by Crippen LogP contribution is -2.38. The van der Waals surface area contributed by atoms with Gasteiger partial charge < -0.3 is 19.9 Å². The Balaban J connectivity index is 1.57. The number of benzene rings is 1. The van der Waals surface area contributed by atoms with Gasteiger partial charge in [0.15, 0.2) is 11.8 Å². The molecule has 1 aliphatic rings. The van der Waals surface area contributed by atoms with E-state index in [-0.39, 0.29) is 0 Å². The van der Waals surface area contributed by atoms with Crippen LogP contribution in [0.25, 0.3) is 0 Å². The van der Waals surface area contributed by atoms with E-state index in [0.717, 1.165) is 45.4 Å². The van der Waals surface area contributed by atoms with Crippen molar-refractivity contribution < 1.29 is 9.26 Å². The van der Waals surface area contributed by atoms with Crippen LogP contribution in [-0.2, 0) is 24.2 Å². The molecule has 1 fully saturated rings. The van der Waals surface area contributed by atoms with Gasteiger partial charge in [-0.2, -0.15) is 4.98 Å². The predicted octanol–water partition coefficient (Wildman–Crippen LogP) is 1.51. The summed E-state index contributed by atoms with van der Waals surface area (Å²) in [4.78, 5) is 11.4. The highest BCUT2D eigenvalue weighted by Crippen LogP contribution is 2.14. The van der Waals surface area contributed by atoms with Crippen LogP contribution < -0.4 is 10.6 Å². The topological polar surface area (TPSA) is 87.8 Å². The third-order valence-corrected chi connectivity index (χ3v) is 4.57. The Morgan fingerprint density at radius 1 is 1.18 bits per heavy atom. The van der Waals surface area contributed by atoms with Gasteiger partial charge in [-0.3, -0.25) is 4.90 Å². The minimum Gasteiger partial charge on any atom is -0.379 e. The first-order valence-electron chi connectivity index (χ1n) is 9.93. The van der Waals surface area contributed by atoms with Crippen molar-refractivity contribution in [3.63, 3.8) is 0 Å². The van der Waals surface area contributed by atoms with E-state index in [2.05, 4.69) is 56.9 Å². The maximum Gasteiger partial charge on any atom is 0.228 e. The van der Waals surface area contributed by atoms with Crippen LogP contribution in [0, 0.1) is 6.92 Å². The van der Waals surface area contributed by atoms with Gasteiger partial charge in [-0.05, 0) is 25.0 Å². The maximum absolute atomic E-state index is 5.45. The van der Waals surface area contributed by atoms with Crippen molar-refractivity contribution in [3.8, 4) is 0 Å². The highest BCUT2D eigenvalue weighted by molar-refractivity contribution is 5.79.